The molecule has 1 rings (SSSR count). The lowest BCUT2D eigenvalue weighted by Gasteiger charge is -2.24. The Bertz CT molecular complexity index is 946. The van der Waals surface area contributed by atoms with Gasteiger partial charge in [0.1, 0.15) is 18.1 Å². The highest BCUT2D eigenvalue weighted by atomic mass is 32.2. The molecule has 13 nitrogen and oxygen atoms in total. The van der Waals surface area contributed by atoms with E-state index in [1.165, 1.54) is 11.8 Å². The molecule has 0 heterocycles. The Balaban J connectivity index is 2.99. The number of amides is 4. The van der Waals surface area contributed by atoms with Crippen molar-refractivity contribution in [3.63, 3.8) is 0 Å². The number of benzene rings is 1. The van der Waals surface area contributed by atoms with Crippen molar-refractivity contribution in [1.82, 2.24) is 16.0 Å². The van der Waals surface area contributed by atoms with Crippen LogP contribution in [0.4, 0.5) is 0 Å². The van der Waals surface area contributed by atoms with Crippen LogP contribution in [0, 0.1) is 0 Å². The zero-order chi connectivity index (χ0) is 27.3. The zero-order valence-electron chi connectivity index (χ0n) is 19.6. The predicted molar refractivity (Wildman–Crippen MR) is 131 cm³/mol. The lowest BCUT2D eigenvalue weighted by Crippen LogP contribution is -2.58. The first-order valence-electron chi connectivity index (χ1n) is 10.9. The number of rotatable bonds is 16. The molecule has 1 aromatic rings. The van der Waals surface area contributed by atoms with E-state index < -0.39 is 72.6 Å². The molecule has 14 heteroatoms. The van der Waals surface area contributed by atoms with Gasteiger partial charge < -0.3 is 37.6 Å². The largest absolute Gasteiger partial charge is 0.481 e. The van der Waals surface area contributed by atoms with Crippen molar-refractivity contribution < 1.29 is 39.0 Å². The summed E-state index contributed by atoms with van der Waals surface area (Å²) in [6.45, 7) is 0. The number of nitrogens with two attached hydrogens (primary N) is 2. The maximum atomic E-state index is 12.8. The average molecular weight is 526 g/mol. The molecule has 1 aromatic carbocycles. The van der Waals surface area contributed by atoms with Crippen LogP contribution in [0.1, 0.15) is 24.8 Å². The van der Waals surface area contributed by atoms with E-state index >= 15 is 0 Å². The van der Waals surface area contributed by atoms with E-state index in [4.69, 9.17) is 11.5 Å². The molecule has 0 radical (unpaired) electrons. The van der Waals surface area contributed by atoms with E-state index in [-0.39, 0.29) is 6.42 Å². The monoisotopic (exact) mass is 525 g/mol. The highest BCUT2D eigenvalue weighted by molar-refractivity contribution is 7.98. The average Bonchev–Trinajstić information content (AvgIpc) is 2.80. The molecule has 0 saturated carbocycles. The number of carboxylic acid groups (broad SMARTS) is 2. The normalized spacial score (nSPS) is 13.9. The maximum Gasteiger partial charge on any atom is 0.326 e. The molecule has 0 aliphatic heterocycles. The molecule has 4 unspecified atom stereocenters. The fourth-order valence-electron chi connectivity index (χ4n) is 3.04. The first-order chi connectivity index (χ1) is 16.9. The van der Waals surface area contributed by atoms with Crippen molar-refractivity contribution in [3.05, 3.63) is 35.9 Å². The molecule has 4 atom stereocenters. The Labute approximate surface area is 211 Å². The minimum absolute atomic E-state index is 0.0933. The molecule has 0 aromatic heterocycles. The summed E-state index contributed by atoms with van der Waals surface area (Å²) in [7, 11) is 0. The first kappa shape index (κ1) is 30.4. The van der Waals surface area contributed by atoms with E-state index in [9.17, 15) is 39.0 Å². The van der Waals surface area contributed by atoms with Gasteiger partial charge in [-0.3, -0.25) is 24.0 Å². The summed E-state index contributed by atoms with van der Waals surface area (Å²) in [6, 6.07) is 2.78. The SMILES string of the molecule is CSCCC(N)C(=O)NC(CC(N)=O)C(=O)NC(CC(=O)O)C(=O)NC(Cc1ccccc1)C(=O)O. The van der Waals surface area contributed by atoms with Gasteiger partial charge in [0.15, 0.2) is 0 Å². The Morgan fingerprint density at radius 2 is 1.39 bits per heavy atom. The van der Waals surface area contributed by atoms with Crippen molar-refractivity contribution in [2.24, 2.45) is 11.5 Å². The van der Waals surface area contributed by atoms with E-state index in [1.807, 2.05) is 6.26 Å². The van der Waals surface area contributed by atoms with Crippen LogP contribution in [0.5, 0.6) is 0 Å². The number of hydrogen-bond donors (Lipinski definition) is 7. The number of carbonyl (C=O) groups is 6. The molecule has 9 N–H and O–H groups in total. The molecule has 4 amide bonds. The van der Waals surface area contributed by atoms with Crippen LogP contribution >= 0.6 is 11.8 Å². The van der Waals surface area contributed by atoms with E-state index in [0.717, 1.165) is 0 Å². The van der Waals surface area contributed by atoms with Gasteiger partial charge in [-0.15, -0.1) is 0 Å². The van der Waals surface area contributed by atoms with Crippen LogP contribution in [-0.2, 0) is 35.2 Å². The van der Waals surface area contributed by atoms with Crippen LogP contribution < -0.4 is 27.4 Å². The third kappa shape index (κ3) is 11.2. The van der Waals surface area contributed by atoms with E-state index in [1.54, 1.807) is 30.3 Å². The number of thioether (sulfide) groups is 1. The number of aliphatic carboxylic acids is 2. The standard InChI is InChI=1S/C22H31N5O8S/c1-36-8-7-13(23)19(31)25-14(10-17(24)28)20(32)26-15(11-18(29)30)21(33)27-16(22(34)35)9-12-5-3-2-4-6-12/h2-6,13-16H,7-11,23H2,1H3,(H2,24,28)(H,25,31)(H,26,32)(H,27,33)(H,29,30)(H,34,35). The third-order valence-electron chi connectivity index (χ3n) is 4.92. The van der Waals surface area contributed by atoms with Gasteiger partial charge >= 0.3 is 11.9 Å². The summed E-state index contributed by atoms with van der Waals surface area (Å²) in [5, 5.41) is 25.4. The molecular formula is C22H31N5O8S. The maximum absolute atomic E-state index is 12.8. The van der Waals surface area contributed by atoms with Crippen LogP contribution in [-0.4, -0.2) is 82.0 Å². The minimum Gasteiger partial charge on any atom is -0.481 e. The third-order valence-corrected chi connectivity index (χ3v) is 5.56. The lowest BCUT2D eigenvalue weighted by atomic mass is 10.0. The molecule has 198 valence electrons. The van der Waals surface area contributed by atoms with Crippen molar-refractivity contribution >= 4 is 47.3 Å². The Morgan fingerprint density at radius 1 is 0.861 bits per heavy atom. The summed E-state index contributed by atoms with van der Waals surface area (Å²) in [5.74, 6) is -6.08. The summed E-state index contributed by atoms with van der Waals surface area (Å²) in [4.78, 5) is 72.3. The number of carboxylic acids is 2. The summed E-state index contributed by atoms with van der Waals surface area (Å²) in [5.41, 5.74) is 11.5. The van der Waals surface area contributed by atoms with Crippen LogP contribution in [0.3, 0.4) is 0 Å². The topological polar surface area (TPSA) is 231 Å². The van der Waals surface area contributed by atoms with Gasteiger partial charge in [0, 0.05) is 6.42 Å². The molecular weight excluding hydrogens is 494 g/mol. The van der Waals surface area contributed by atoms with Gasteiger partial charge in [-0.05, 0) is 24.0 Å². The van der Waals surface area contributed by atoms with Crippen molar-refractivity contribution in [2.75, 3.05) is 12.0 Å². The Morgan fingerprint density at radius 3 is 1.89 bits per heavy atom. The molecule has 0 aliphatic rings. The van der Waals surface area contributed by atoms with Gasteiger partial charge in [-0.25, -0.2) is 4.79 Å². The number of hydrogen-bond acceptors (Lipinski definition) is 8. The number of nitrogens with one attached hydrogen (secondary N) is 3. The van der Waals surface area contributed by atoms with Gasteiger partial charge in [-0.2, -0.15) is 11.8 Å². The van der Waals surface area contributed by atoms with E-state index in [0.29, 0.717) is 17.7 Å². The fraction of sp³-hybridized carbons (Fsp3) is 0.455. The van der Waals surface area contributed by atoms with Gasteiger partial charge in [0.25, 0.3) is 0 Å². The second-order valence-electron chi connectivity index (χ2n) is 7.87. The van der Waals surface area contributed by atoms with E-state index in [2.05, 4.69) is 16.0 Å². The lowest BCUT2D eigenvalue weighted by molar-refractivity contribution is -0.143. The molecule has 0 aliphatic carbocycles. The highest BCUT2D eigenvalue weighted by Crippen LogP contribution is 2.06. The Hall–Kier alpha value is -3.65. The second kappa shape index (κ2) is 15.4. The summed E-state index contributed by atoms with van der Waals surface area (Å²) < 4.78 is 0. The van der Waals surface area contributed by atoms with Crippen molar-refractivity contribution in [3.8, 4) is 0 Å². The minimum atomic E-state index is -1.70. The van der Waals surface area contributed by atoms with Gasteiger partial charge in [0.05, 0.1) is 18.9 Å². The number of carbonyl (C=O) groups excluding carboxylic acids is 4. The summed E-state index contributed by atoms with van der Waals surface area (Å²) >= 11 is 1.45. The molecule has 0 saturated heterocycles. The zero-order valence-corrected chi connectivity index (χ0v) is 20.5. The molecule has 0 spiro atoms. The smallest absolute Gasteiger partial charge is 0.326 e. The predicted octanol–water partition coefficient (Wildman–Crippen LogP) is -1.80. The van der Waals surface area contributed by atoms with Gasteiger partial charge in [0.2, 0.25) is 23.6 Å². The van der Waals surface area contributed by atoms with Crippen molar-refractivity contribution in [2.45, 2.75) is 49.9 Å². The molecule has 36 heavy (non-hydrogen) atoms. The molecule has 0 fully saturated rings. The highest BCUT2D eigenvalue weighted by Gasteiger charge is 2.32. The van der Waals surface area contributed by atoms with Crippen molar-refractivity contribution in [1.29, 1.82) is 0 Å². The first-order valence-corrected chi connectivity index (χ1v) is 12.3. The van der Waals surface area contributed by atoms with Crippen LogP contribution in [0.15, 0.2) is 30.3 Å². The quantitative estimate of drug-likeness (QED) is 0.128. The molecule has 0 bridgehead atoms. The van der Waals surface area contributed by atoms with Crippen LogP contribution in [0.2, 0.25) is 0 Å². The van der Waals surface area contributed by atoms with Gasteiger partial charge in [-0.1, -0.05) is 30.3 Å². The summed E-state index contributed by atoms with van der Waals surface area (Å²) in [6.07, 6.45) is 0.486. The fourth-order valence-corrected chi connectivity index (χ4v) is 3.53. The van der Waals surface area contributed by atoms with Crippen LogP contribution in [0.25, 0.3) is 0 Å². The number of primary amides is 1. The Kier molecular flexibility index (Phi) is 13.0. The second-order valence-corrected chi connectivity index (χ2v) is 8.85.